The minimum atomic E-state index is -3.67. The average molecular weight is 357 g/mol. The molecule has 1 heterocycles. The lowest BCUT2D eigenvalue weighted by Gasteiger charge is -2.25. The zero-order valence-electron chi connectivity index (χ0n) is 15.4. The van der Waals surface area contributed by atoms with Gasteiger partial charge in [-0.3, -0.25) is 0 Å². The molecule has 0 aliphatic carbocycles. The first-order chi connectivity index (χ1) is 11.6. The van der Waals surface area contributed by atoms with Gasteiger partial charge in [-0.05, 0) is 37.1 Å². The van der Waals surface area contributed by atoms with Crippen molar-refractivity contribution in [2.75, 3.05) is 21.1 Å². The van der Waals surface area contributed by atoms with E-state index in [0.717, 1.165) is 27.7 Å². The van der Waals surface area contributed by atoms with Crippen molar-refractivity contribution in [1.82, 2.24) is 3.97 Å². The lowest BCUT2D eigenvalue weighted by atomic mass is 10.1. The van der Waals surface area contributed by atoms with Crippen LogP contribution in [-0.2, 0) is 16.6 Å². The minimum absolute atomic E-state index is 0.360. The molecule has 0 aliphatic heterocycles. The molecule has 0 radical (unpaired) electrons. The third kappa shape index (κ3) is 3.10. The summed E-state index contributed by atoms with van der Waals surface area (Å²) in [6.45, 7) is 4.48. The fourth-order valence-corrected chi connectivity index (χ4v) is 5.10. The van der Waals surface area contributed by atoms with E-state index in [1.807, 2.05) is 50.2 Å². The van der Waals surface area contributed by atoms with Crippen molar-refractivity contribution in [3.63, 3.8) is 0 Å². The zero-order chi connectivity index (χ0) is 18.4. The van der Waals surface area contributed by atoms with Crippen LogP contribution in [0.1, 0.15) is 16.8 Å². The molecule has 3 rings (SSSR count). The highest BCUT2D eigenvalue weighted by molar-refractivity contribution is 7.90. The third-order valence-electron chi connectivity index (χ3n) is 4.44. The summed E-state index contributed by atoms with van der Waals surface area (Å²) in [5, 5.41) is 0.989. The highest BCUT2D eigenvalue weighted by Crippen LogP contribution is 2.31. The topological polar surface area (TPSA) is 39.1 Å². The largest absolute Gasteiger partial charge is 0.326 e. The number of aryl methyl sites for hydroxylation is 2. The van der Waals surface area contributed by atoms with Gasteiger partial charge in [0.15, 0.2) is 0 Å². The molecule has 132 valence electrons. The van der Waals surface area contributed by atoms with E-state index >= 15 is 0 Å². The van der Waals surface area contributed by atoms with Crippen LogP contribution in [0.3, 0.4) is 0 Å². The molecule has 0 N–H and O–H groups in total. The van der Waals surface area contributed by atoms with Gasteiger partial charge in [-0.1, -0.05) is 36.4 Å². The van der Waals surface area contributed by atoms with E-state index in [2.05, 4.69) is 21.1 Å². The summed E-state index contributed by atoms with van der Waals surface area (Å²) in [5.41, 5.74) is 3.37. The Morgan fingerprint density at radius 3 is 2.16 bits per heavy atom. The first kappa shape index (κ1) is 17.7. The second-order valence-electron chi connectivity index (χ2n) is 7.57. The van der Waals surface area contributed by atoms with Crippen LogP contribution in [-0.4, -0.2) is 38.0 Å². The number of hydrogen-bond acceptors (Lipinski definition) is 2. The van der Waals surface area contributed by atoms with Crippen LogP contribution in [0.25, 0.3) is 10.9 Å². The summed E-state index contributed by atoms with van der Waals surface area (Å²) in [5.74, 6) is 0. The summed E-state index contributed by atoms with van der Waals surface area (Å²) >= 11 is 0. The van der Waals surface area contributed by atoms with E-state index in [0.29, 0.717) is 15.9 Å². The van der Waals surface area contributed by atoms with E-state index < -0.39 is 10.0 Å². The normalized spacial score (nSPS) is 12.7. The van der Waals surface area contributed by atoms with Crippen LogP contribution in [0.15, 0.2) is 53.4 Å². The van der Waals surface area contributed by atoms with Gasteiger partial charge in [-0.2, -0.15) is 0 Å². The molecule has 25 heavy (non-hydrogen) atoms. The highest BCUT2D eigenvalue weighted by atomic mass is 32.2. The number of benzene rings is 2. The van der Waals surface area contributed by atoms with Crippen molar-refractivity contribution in [3.8, 4) is 0 Å². The highest BCUT2D eigenvalue weighted by Gasteiger charge is 2.28. The van der Waals surface area contributed by atoms with Crippen molar-refractivity contribution >= 4 is 20.9 Å². The molecule has 0 aliphatic rings. The molecule has 4 nitrogen and oxygen atoms in total. The molecule has 1 aromatic heterocycles. The van der Waals surface area contributed by atoms with E-state index in [-0.39, 0.29) is 0 Å². The summed E-state index contributed by atoms with van der Waals surface area (Å²) in [7, 11) is 2.54. The second-order valence-corrected chi connectivity index (χ2v) is 9.33. The first-order valence-corrected chi connectivity index (χ1v) is 9.77. The lowest BCUT2D eigenvalue weighted by Crippen LogP contribution is -2.35. The van der Waals surface area contributed by atoms with Gasteiger partial charge in [0.05, 0.1) is 37.2 Å². The first-order valence-electron chi connectivity index (χ1n) is 8.33. The Kier molecular flexibility index (Phi) is 4.25. The van der Waals surface area contributed by atoms with Gasteiger partial charge in [0, 0.05) is 5.39 Å². The Morgan fingerprint density at radius 2 is 1.52 bits per heavy atom. The Morgan fingerprint density at radius 1 is 0.920 bits per heavy atom. The quantitative estimate of drug-likeness (QED) is 0.668. The molecule has 0 saturated carbocycles. The molecule has 0 unspecified atom stereocenters. The van der Waals surface area contributed by atoms with Crippen LogP contribution in [0.5, 0.6) is 0 Å². The fourth-order valence-electron chi connectivity index (χ4n) is 3.27. The molecule has 5 heteroatoms. The molecule has 0 saturated heterocycles. The van der Waals surface area contributed by atoms with E-state index in [4.69, 9.17) is 0 Å². The molecular formula is C20H25N2O2S+. The number of aromatic nitrogens is 1. The molecule has 0 bridgehead atoms. The van der Waals surface area contributed by atoms with Gasteiger partial charge in [0.1, 0.15) is 6.54 Å². The average Bonchev–Trinajstić information content (AvgIpc) is 2.79. The summed E-state index contributed by atoms with van der Waals surface area (Å²) in [6.07, 6.45) is 0. The van der Waals surface area contributed by atoms with Gasteiger partial charge in [-0.25, -0.2) is 12.4 Å². The standard InChI is InChI=1S/C20H25N2O2S/c1-15-10-6-9-13-20(15)25(23,24)21-18-12-8-7-11-17(18)16(2)19(21)14-22(3,4)5/h6-13H,14H2,1-5H3/q+1. The van der Waals surface area contributed by atoms with Gasteiger partial charge in [0.25, 0.3) is 10.0 Å². The maximum atomic E-state index is 13.5. The van der Waals surface area contributed by atoms with Crippen molar-refractivity contribution in [3.05, 3.63) is 65.4 Å². The predicted molar refractivity (Wildman–Crippen MR) is 102 cm³/mol. The van der Waals surface area contributed by atoms with Crippen LogP contribution in [0.2, 0.25) is 0 Å². The van der Waals surface area contributed by atoms with Crippen molar-refractivity contribution in [2.45, 2.75) is 25.3 Å². The lowest BCUT2D eigenvalue weighted by molar-refractivity contribution is -0.884. The number of quaternary nitrogens is 1. The predicted octanol–water partition coefficient (Wildman–Crippen LogP) is 3.70. The molecule has 0 spiro atoms. The van der Waals surface area contributed by atoms with Gasteiger partial charge in [0.2, 0.25) is 0 Å². The number of hydrogen-bond donors (Lipinski definition) is 0. The SMILES string of the molecule is Cc1ccccc1S(=O)(=O)n1c(C[N+](C)(C)C)c(C)c2ccccc21. The zero-order valence-corrected chi connectivity index (χ0v) is 16.3. The van der Waals surface area contributed by atoms with Gasteiger partial charge < -0.3 is 4.48 Å². The maximum Gasteiger partial charge on any atom is 0.268 e. The summed E-state index contributed by atoms with van der Waals surface area (Å²) in [6, 6.07) is 14.9. The monoisotopic (exact) mass is 357 g/mol. The van der Waals surface area contributed by atoms with Crippen molar-refractivity contribution in [1.29, 1.82) is 0 Å². The number of rotatable bonds is 4. The molecule has 3 aromatic rings. The smallest absolute Gasteiger partial charge is 0.268 e. The molecular weight excluding hydrogens is 332 g/mol. The Labute approximate surface area is 150 Å². The summed E-state index contributed by atoms with van der Waals surface area (Å²) in [4.78, 5) is 0.360. The van der Waals surface area contributed by atoms with E-state index in [1.165, 1.54) is 0 Å². The van der Waals surface area contributed by atoms with Crippen LogP contribution < -0.4 is 0 Å². The Balaban J connectivity index is 2.39. The van der Waals surface area contributed by atoms with Crippen LogP contribution >= 0.6 is 0 Å². The number of para-hydroxylation sites is 1. The van der Waals surface area contributed by atoms with E-state index in [9.17, 15) is 8.42 Å². The van der Waals surface area contributed by atoms with E-state index in [1.54, 1.807) is 16.1 Å². The Hall–Kier alpha value is -2.11. The Bertz CT molecular complexity index is 1040. The van der Waals surface area contributed by atoms with Crippen molar-refractivity contribution < 1.29 is 12.9 Å². The molecule has 0 fully saturated rings. The van der Waals surface area contributed by atoms with Crippen LogP contribution in [0.4, 0.5) is 0 Å². The van der Waals surface area contributed by atoms with Crippen molar-refractivity contribution in [2.24, 2.45) is 0 Å². The number of nitrogens with zero attached hydrogens (tertiary/aromatic N) is 2. The second kappa shape index (κ2) is 6.00. The van der Waals surface area contributed by atoms with Gasteiger partial charge in [-0.15, -0.1) is 0 Å². The minimum Gasteiger partial charge on any atom is -0.326 e. The van der Waals surface area contributed by atoms with Crippen LogP contribution in [0, 0.1) is 13.8 Å². The fraction of sp³-hybridized carbons (Fsp3) is 0.300. The molecule has 0 atom stereocenters. The van der Waals surface area contributed by atoms with Gasteiger partial charge >= 0.3 is 0 Å². The number of fused-ring (bicyclic) bond motifs is 1. The summed E-state index contributed by atoms with van der Waals surface area (Å²) < 4.78 is 29.3. The molecule has 0 amide bonds. The maximum absolute atomic E-state index is 13.5. The third-order valence-corrected chi connectivity index (χ3v) is 6.35. The molecule has 2 aromatic carbocycles.